The van der Waals surface area contributed by atoms with Crippen LogP contribution in [0.5, 0.6) is 5.75 Å². The summed E-state index contributed by atoms with van der Waals surface area (Å²) in [5, 5.41) is 23.0. The van der Waals surface area contributed by atoms with Gasteiger partial charge >= 0.3 is 0 Å². The van der Waals surface area contributed by atoms with Crippen molar-refractivity contribution < 1.29 is 14.3 Å². The highest BCUT2D eigenvalue weighted by molar-refractivity contribution is 5.44. The van der Waals surface area contributed by atoms with Gasteiger partial charge in [0.2, 0.25) is 5.82 Å². The number of ether oxygens (including phenoxy) is 1. The molecule has 2 heterocycles. The van der Waals surface area contributed by atoms with Crippen molar-refractivity contribution in [3.8, 4) is 5.75 Å². The smallest absolute Gasteiger partial charge is 0.206 e. The predicted octanol–water partition coefficient (Wildman–Crippen LogP) is 2.14. The first-order chi connectivity index (χ1) is 11.2. The summed E-state index contributed by atoms with van der Waals surface area (Å²) in [4.78, 5) is 0. The monoisotopic (exact) mass is 312 g/mol. The van der Waals surface area contributed by atoms with E-state index in [1.54, 1.807) is 19.3 Å². The van der Waals surface area contributed by atoms with Crippen LogP contribution in [0.3, 0.4) is 0 Å². The van der Waals surface area contributed by atoms with E-state index in [9.17, 15) is 5.11 Å². The van der Waals surface area contributed by atoms with E-state index >= 15 is 0 Å². The maximum Gasteiger partial charge on any atom is 0.206 e. The largest absolute Gasteiger partial charge is 0.497 e. The molecule has 1 atom stereocenters. The number of tetrazole rings is 1. The van der Waals surface area contributed by atoms with Crippen molar-refractivity contribution in [3.05, 3.63) is 65.4 Å². The summed E-state index contributed by atoms with van der Waals surface area (Å²) in [6.45, 7) is 0. The molecule has 0 bridgehead atoms. The Balaban J connectivity index is 1.63. The molecule has 118 valence electrons. The van der Waals surface area contributed by atoms with Crippen molar-refractivity contribution in [3.63, 3.8) is 0 Å². The lowest BCUT2D eigenvalue weighted by molar-refractivity contribution is 0.219. The van der Waals surface area contributed by atoms with Gasteiger partial charge in [-0.3, -0.25) is 0 Å². The molecule has 0 saturated carbocycles. The van der Waals surface area contributed by atoms with Gasteiger partial charge in [-0.15, -0.1) is 10.2 Å². The number of aromatic amines is 1. The van der Waals surface area contributed by atoms with E-state index < -0.39 is 6.10 Å². The highest BCUT2D eigenvalue weighted by Gasteiger charge is 2.08. The van der Waals surface area contributed by atoms with Gasteiger partial charge in [-0.25, -0.2) is 0 Å². The SMILES string of the molecule is COc1ccc(Cc2ccc(C=CC(O)c3nn[nH]n3)o2)cc1. The Morgan fingerprint density at radius 2 is 2.09 bits per heavy atom. The van der Waals surface area contributed by atoms with Gasteiger partial charge in [0.15, 0.2) is 0 Å². The molecule has 0 amide bonds. The van der Waals surface area contributed by atoms with E-state index in [1.165, 1.54) is 0 Å². The molecule has 7 nitrogen and oxygen atoms in total. The zero-order valence-corrected chi connectivity index (χ0v) is 12.5. The molecule has 2 N–H and O–H groups in total. The third-order valence-corrected chi connectivity index (χ3v) is 3.29. The highest BCUT2D eigenvalue weighted by atomic mass is 16.5. The molecule has 0 saturated heterocycles. The Hall–Kier alpha value is -2.93. The lowest BCUT2D eigenvalue weighted by atomic mass is 10.1. The van der Waals surface area contributed by atoms with Gasteiger partial charge in [0.25, 0.3) is 0 Å². The minimum atomic E-state index is -0.927. The minimum absolute atomic E-state index is 0.214. The fourth-order valence-corrected chi connectivity index (χ4v) is 2.09. The molecule has 0 fully saturated rings. The molecule has 2 aromatic heterocycles. The van der Waals surface area contributed by atoms with Crippen molar-refractivity contribution in [1.29, 1.82) is 0 Å². The molecule has 1 aromatic carbocycles. The third kappa shape index (κ3) is 3.83. The normalized spacial score (nSPS) is 12.6. The van der Waals surface area contributed by atoms with E-state index in [1.807, 2.05) is 36.4 Å². The number of aromatic nitrogens is 4. The number of aliphatic hydroxyl groups is 1. The van der Waals surface area contributed by atoms with Crippen molar-refractivity contribution in [2.24, 2.45) is 0 Å². The fraction of sp³-hybridized carbons (Fsp3) is 0.188. The summed E-state index contributed by atoms with van der Waals surface area (Å²) in [7, 11) is 1.64. The Morgan fingerprint density at radius 3 is 2.78 bits per heavy atom. The molecule has 0 radical (unpaired) electrons. The van der Waals surface area contributed by atoms with E-state index in [2.05, 4.69) is 20.6 Å². The molecule has 3 aromatic rings. The average Bonchev–Trinajstić information content (AvgIpc) is 3.25. The average molecular weight is 312 g/mol. The molecular formula is C16H16N4O3. The molecular weight excluding hydrogens is 296 g/mol. The van der Waals surface area contributed by atoms with Gasteiger partial charge in [0.1, 0.15) is 23.4 Å². The standard InChI is InChI=1S/C16H16N4O3/c1-22-12-4-2-11(3-5-12)10-14-7-6-13(23-14)8-9-15(21)16-17-19-20-18-16/h2-9,15,21H,10H2,1H3,(H,17,18,19,20). The maximum atomic E-state index is 9.84. The lowest BCUT2D eigenvalue weighted by Crippen LogP contribution is -1.95. The highest BCUT2D eigenvalue weighted by Crippen LogP contribution is 2.18. The van der Waals surface area contributed by atoms with Crippen LogP contribution in [0.2, 0.25) is 0 Å². The molecule has 0 aliphatic rings. The molecule has 0 aliphatic heterocycles. The Morgan fingerprint density at radius 1 is 1.26 bits per heavy atom. The summed E-state index contributed by atoms with van der Waals surface area (Å²) in [5.74, 6) is 2.53. The van der Waals surface area contributed by atoms with Gasteiger partial charge in [0, 0.05) is 6.42 Å². The fourth-order valence-electron chi connectivity index (χ4n) is 2.09. The van der Waals surface area contributed by atoms with Crippen LogP contribution >= 0.6 is 0 Å². The quantitative estimate of drug-likeness (QED) is 0.724. The zero-order chi connectivity index (χ0) is 16.1. The first kappa shape index (κ1) is 15.0. The summed E-state index contributed by atoms with van der Waals surface area (Å²) < 4.78 is 10.9. The number of H-pyrrole nitrogens is 1. The second kappa shape index (κ2) is 6.89. The van der Waals surface area contributed by atoms with E-state index in [-0.39, 0.29) is 5.82 Å². The van der Waals surface area contributed by atoms with Crippen LogP contribution in [0, 0.1) is 0 Å². The molecule has 0 spiro atoms. The molecule has 0 aliphatic carbocycles. The van der Waals surface area contributed by atoms with Gasteiger partial charge in [0.05, 0.1) is 7.11 Å². The summed E-state index contributed by atoms with van der Waals surface area (Å²) >= 11 is 0. The number of hydrogen-bond donors (Lipinski definition) is 2. The number of aliphatic hydroxyl groups excluding tert-OH is 1. The van der Waals surface area contributed by atoms with Gasteiger partial charge in [-0.05, 0) is 42.0 Å². The molecule has 1 unspecified atom stereocenters. The number of benzene rings is 1. The number of rotatable bonds is 6. The van der Waals surface area contributed by atoms with Crippen LogP contribution < -0.4 is 4.74 Å². The topological polar surface area (TPSA) is 97.1 Å². The van der Waals surface area contributed by atoms with Crippen LogP contribution in [0.15, 0.2) is 46.9 Å². The van der Waals surface area contributed by atoms with Crippen LogP contribution in [-0.2, 0) is 6.42 Å². The number of furan rings is 1. The Kier molecular flexibility index (Phi) is 4.49. The van der Waals surface area contributed by atoms with Gasteiger partial charge in [-0.2, -0.15) is 5.21 Å². The second-order valence-electron chi connectivity index (χ2n) is 4.90. The first-order valence-corrected chi connectivity index (χ1v) is 7.06. The van der Waals surface area contributed by atoms with Crippen molar-refractivity contribution in [2.75, 3.05) is 7.11 Å². The maximum absolute atomic E-state index is 9.84. The molecule has 7 heteroatoms. The predicted molar refractivity (Wildman–Crippen MR) is 82.7 cm³/mol. The van der Waals surface area contributed by atoms with Crippen molar-refractivity contribution in [1.82, 2.24) is 20.6 Å². The number of hydrogen-bond acceptors (Lipinski definition) is 6. The Bertz CT molecular complexity index is 763. The zero-order valence-electron chi connectivity index (χ0n) is 12.5. The van der Waals surface area contributed by atoms with Crippen molar-refractivity contribution >= 4 is 6.08 Å². The third-order valence-electron chi connectivity index (χ3n) is 3.29. The first-order valence-electron chi connectivity index (χ1n) is 7.06. The summed E-state index contributed by atoms with van der Waals surface area (Å²) in [5.41, 5.74) is 1.13. The van der Waals surface area contributed by atoms with Crippen LogP contribution in [0.4, 0.5) is 0 Å². The number of methoxy groups -OCH3 is 1. The second-order valence-corrected chi connectivity index (χ2v) is 4.90. The minimum Gasteiger partial charge on any atom is -0.497 e. The van der Waals surface area contributed by atoms with Crippen LogP contribution in [0.25, 0.3) is 6.08 Å². The number of nitrogens with one attached hydrogen (secondary N) is 1. The lowest BCUT2D eigenvalue weighted by Gasteiger charge is -2.01. The van der Waals surface area contributed by atoms with E-state index in [0.29, 0.717) is 12.2 Å². The van der Waals surface area contributed by atoms with Gasteiger partial charge in [-0.1, -0.05) is 17.3 Å². The van der Waals surface area contributed by atoms with E-state index in [4.69, 9.17) is 9.15 Å². The van der Waals surface area contributed by atoms with Crippen molar-refractivity contribution in [2.45, 2.75) is 12.5 Å². The molecule has 3 rings (SSSR count). The molecule has 23 heavy (non-hydrogen) atoms. The summed E-state index contributed by atoms with van der Waals surface area (Å²) in [6, 6.07) is 11.6. The van der Waals surface area contributed by atoms with Crippen LogP contribution in [0.1, 0.15) is 29.0 Å². The number of nitrogens with zero attached hydrogens (tertiary/aromatic N) is 3. The van der Waals surface area contributed by atoms with Gasteiger partial charge < -0.3 is 14.3 Å². The Labute approximate surface area is 132 Å². The summed E-state index contributed by atoms with van der Waals surface area (Å²) in [6.07, 6.45) is 2.98. The van der Waals surface area contributed by atoms with Crippen LogP contribution in [-0.4, -0.2) is 32.8 Å². The van der Waals surface area contributed by atoms with E-state index in [0.717, 1.165) is 17.1 Å².